The molecule has 0 aliphatic carbocycles. The van der Waals surface area contributed by atoms with E-state index in [4.69, 9.17) is 0 Å². The largest absolute Gasteiger partial charge is 0.311 e. The first-order valence-electron chi connectivity index (χ1n) is 3.75. The van der Waals surface area contributed by atoms with Crippen molar-refractivity contribution in [3.8, 4) is 0 Å². The Kier molecular flexibility index (Phi) is 9.15. The smallest absolute Gasteiger partial charge is 0.0192 e. The van der Waals surface area contributed by atoms with E-state index in [0.717, 1.165) is 12.6 Å². The second-order valence-corrected chi connectivity index (χ2v) is 2.82. The number of likely N-dealkylation sites (N-methyl/N-ethyl adjacent to an activating group) is 1. The molecular weight excluding hydrogens is 183 g/mol. The number of piperazine rings is 1. The van der Waals surface area contributed by atoms with E-state index in [1.807, 2.05) is 0 Å². The van der Waals surface area contributed by atoms with Gasteiger partial charge in [-0.25, -0.2) is 0 Å². The van der Waals surface area contributed by atoms with Gasteiger partial charge in [0.2, 0.25) is 0 Å². The lowest BCUT2D eigenvalue weighted by molar-refractivity contribution is 0.235. The van der Waals surface area contributed by atoms with Gasteiger partial charge in [0.05, 0.1) is 0 Å². The van der Waals surface area contributed by atoms with Gasteiger partial charge in [-0.1, -0.05) is 6.92 Å². The number of rotatable bonds is 1. The summed E-state index contributed by atoms with van der Waals surface area (Å²) in [4.78, 5) is 2.38. The monoisotopic (exact) mass is 200 g/mol. The molecule has 1 rings (SSSR count). The molecule has 0 aromatic carbocycles. The van der Waals surface area contributed by atoms with Gasteiger partial charge >= 0.3 is 0 Å². The number of halogens is 2. The standard InChI is InChI=1S/C7H16N2.2ClH/c1-3-7-6-9(2)5-4-8-7;;/h7-8H,3-6H2,1-2H3;2*1H/t7-;;/m1../s1. The Bertz CT molecular complexity index is 90.5. The highest BCUT2D eigenvalue weighted by Gasteiger charge is 2.12. The predicted octanol–water partition coefficient (Wildman–Crippen LogP) is 1.14. The lowest BCUT2D eigenvalue weighted by Crippen LogP contribution is -2.48. The number of nitrogens with one attached hydrogen (secondary N) is 1. The van der Waals surface area contributed by atoms with Crippen LogP contribution in [-0.4, -0.2) is 37.6 Å². The van der Waals surface area contributed by atoms with Gasteiger partial charge in [-0.3, -0.25) is 0 Å². The first-order valence-corrected chi connectivity index (χ1v) is 3.75. The van der Waals surface area contributed by atoms with Crippen molar-refractivity contribution in [1.82, 2.24) is 10.2 Å². The number of hydrogen-bond acceptors (Lipinski definition) is 2. The zero-order chi connectivity index (χ0) is 6.69. The summed E-state index contributed by atoms with van der Waals surface area (Å²) in [5, 5.41) is 3.46. The minimum atomic E-state index is 0. The quantitative estimate of drug-likeness (QED) is 0.684. The second-order valence-electron chi connectivity index (χ2n) is 2.82. The summed E-state index contributed by atoms with van der Waals surface area (Å²) in [7, 11) is 2.18. The van der Waals surface area contributed by atoms with Gasteiger partial charge in [0.15, 0.2) is 0 Å². The molecule has 0 spiro atoms. The minimum Gasteiger partial charge on any atom is -0.311 e. The van der Waals surface area contributed by atoms with Crippen LogP contribution >= 0.6 is 24.8 Å². The Labute approximate surface area is 81.5 Å². The maximum atomic E-state index is 3.46. The highest BCUT2D eigenvalue weighted by molar-refractivity contribution is 5.85. The van der Waals surface area contributed by atoms with Gasteiger partial charge in [-0.05, 0) is 13.5 Å². The average molecular weight is 201 g/mol. The first kappa shape index (κ1) is 14.0. The summed E-state index contributed by atoms with van der Waals surface area (Å²) in [6.07, 6.45) is 1.25. The van der Waals surface area contributed by atoms with Crippen molar-refractivity contribution >= 4 is 24.8 Å². The molecule has 1 saturated heterocycles. The third kappa shape index (κ3) is 4.86. The van der Waals surface area contributed by atoms with Gasteiger partial charge in [0.25, 0.3) is 0 Å². The van der Waals surface area contributed by atoms with Gasteiger partial charge in [-0.2, -0.15) is 0 Å². The third-order valence-electron chi connectivity index (χ3n) is 1.95. The van der Waals surface area contributed by atoms with Crippen LogP contribution in [0.15, 0.2) is 0 Å². The highest BCUT2D eigenvalue weighted by atomic mass is 35.5. The van der Waals surface area contributed by atoms with Crippen LogP contribution in [0.1, 0.15) is 13.3 Å². The zero-order valence-electron chi connectivity index (χ0n) is 7.17. The Morgan fingerprint density at radius 2 is 2.09 bits per heavy atom. The molecule has 0 bridgehead atoms. The first-order chi connectivity index (χ1) is 4.33. The molecule has 0 aromatic rings. The van der Waals surface area contributed by atoms with Crippen molar-refractivity contribution in [2.75, 3.05) is 26.7 Å². The fourth-order valence-corrected chi connectivity index (χ4v) is 1.27. The van der Waals surface area contributed by atoms with Crippen LogP contribution in [0, 0.1) is 0 Å². The summed E-state index contributed by atoms with van der Waals surface area (Å²) in [5.74, 6) is 0. The molecule has 1 fully saturated rings. The van der Waals surface area contributed by atoms with E-state index in [-0.39, 0.29) is 24.8 Å². The topological polar surface area (TPSA) is 15.3 Å². The molecule has 70 valence electrons. The second kappa shape index (κ2) is 7.17. The molecule has 0 aromatic heterocycles. The molecule has 1 aliphatic heterocycles. The van der Waals surface area contributed by atoms with Crippen LogP contribution in [0.2, 0.25) is 0 Å². The van der Waals surface area contributed by atoms with E-state index in [2.05, 4.69) is 24.2 Å². The Balaban J connectivity index is 0. The summed E-state index contributed by atoms with van der Waals surface area (Å²) in [5.41, 5.74) is 0. The molecule has 0 radical (unpaired) electrons. The number of hydrogen-bond donors (Lipinski definition) is 1. The maximum absolute atomic E-state index is 3.46. The van der Waals surface area contributed by atoms with E-state index in [0.29, 0.717) is 0 Å². The van der Waals surface area contributed by atoms with Crippen molar-refractivity contribution in [3.05, 3.63) is 0 Å². The van der Waals surface area contributed by atoms with E-state index in [1.165, 1.54) is 19.5 Å². The van der Waals surface area contributed by atoms with Gasteiger partial charge in [0, 0.05) is 25.7 Å². The third-order valence-corrected chi connectivity index (χ3v) is 1.95. The fourth-order valence-electron chi connectivity index (χ4n) is 1.27. The molecule has 2 nitrogen and oxygen atoms in total. The lowest BCUT2D eigenvalue weighted by Gasteiger charge is -2.29. The van der Waals surface area contributed by atoms with Gasteiger partial charge in [-0.15, -0.1) is 24.8 Å². The lowest BCUT2D eigenvalue weighted by atomic mass is 10.2. The molecule has 0 saturated carbocycles. The molecule has 1 N–H and O–H groups in total. The van der Waals surface area contributed by atoms with Crippen LogP contribution in [0.4, 0.5) is 0 Å². The van der Waals surface area contributed by atoms with Crippen LogP contribution < -0.4 is 5.32 Å². The van der Waals surface area contributed by atoms with Crippen LogP contribution in [0.25, 0.3) is 0 Å². The predicted molar refractivity (Wildman–Crippen MR) is 54.1 cm³/mol. The summed E-state index contributed by atoms with van der Waals surface area (Å²) in [6, 6.07) is 0.740. The normalized spacial score (nSPS) is 25.1. The van der Waals surface area contributed by atoms with Crippen molar-refractivity contribution in [1.29, 1.82) is 0 Å². The van der Waals surface area contributed by atoms with Crippen molar-refractivity contribution in [2.45, 2.75) is 19.4 Å². The Morgan fingerprint density at radius 3 is 2.45 bits per heavy atom. The summed E-state index contributed by atoms with van der Waals surface area (Å²) >= 11 is 0. The maximum Gasteiger partial charge on any atom is 0.0192 e. The Hall–Kier alpha value is 0.500. The van der Waals surface area contributed by atoms with Crippen molar-refractivity contribution in [3.63, 3.8) is 0 Å². The van der Waals surface area contributed by atoms with E-state index in [1.54, 1.807) is 0 Å². The SMILES string of the molecule is CC[C@@H]1CN(C)CCN1.Cl.Cl. The van der Waals surface area contributed by atoms with Crippen molar-refractivity contribution < 1.29 is 0 Å². The highest BCUT2D eigenvalue weighted by Crippen LogP contribution is 1.98. The summed E-state index contributed by atoms with van der Waals surface area (Å²) in [6.45, 7) is 5.82. The van der Waals surface area contributed by atoms with Crippen LogP contribution in [0.5, 0.6) is 0 Å². The van der Waals surface area contributed by atoms with E-state index >= 15 is 0 Å². The van der Waals surface area contributed by atoms with Crippen LogP contribution in [0.3, 0.4) is 0 Å². The molecule has 0 amide bonds. The molecule has 1 heterocycles. The average Bonchev–Trinajstić information content (AvgIpc) is 1.88. The minimum absolute atomic E-state index is 0. The Morgan fingerprint density at radius 1 is 1.45 bits per heavy atom. The van der Waals surface area contributed by atoms with Gasteiger partial charge in [0.1, 0.15) is 0 Å². The molecular formula is C7H18Cl2N2. The van der Waals surface area contributed by atoms with Crippen molar-refractivity contribution in [2.24, 2.45) is 0 Å². The molecule has 4 heteroatoms. The zero-order valence-corrected chi connectivity index (χ0v) is 8.80. The van der Waals surface area contributed by atoms with Crippen LogP contribution in [-0.2, 0) is 0 Å². The fraction of sp³-hybridized carbons (Fsp3) is 1.00. The molecule has 11 heavy (non-hydrogen) atoms. The van der Waals surface area contributed by atoms with Gasteiger partial charge < -0.3 is 10.2 Å². The molecule has 1 atom stereocenters. The molecule has 1 aliphatic rings. The summed E-state index contributed by atoms with van der Waals surface area (Å²) < 4.78 is 0. The van der Waals surface area contributed by atoms with E-state index in [9.17, 15) is 0 Å². The van der Waals surface area contributed by atoms with E-state index < -0.39 is 0 Å². The number of nitrogens with zero attached hydrogens (tertiary/aromatic N) is 1. The molecule has 0 unspecified atom stereocenters.